The quantitative estimate of drug-likeness (QED) is 0.0966. The van der Waals surface area contributed by atoms with Gasteiger partial charge < -0.3 is 84.6 Å². The second-order valence-electron chi connectivity index (χ2n) is 9.08. The minimum absolute atomic E-state index is 0.813. The van der Waals surface area contributed by atoms with Crippen molar-refractivity contribution < 1.29 is 89.4 Å². The number of aliphatic hydroxyl groups is 11. The van der Waals surface area contributed by atoms with E-state index < -0.39 is 118 Å². The van der Waals surface area contributed by atoms with Crippen LogP contribution < -0.4 is 0 Å². The third-order valence-corrected chi connectivity index (χ3v) is 6.45. The summed E-state index contributed by atoms with van der Waals surface area (Å²) in [7, 11) is 0. The van der Waals surface area contributed by atoms with E-state index in [0.29, 0.717) is 0 Å². The number of ether oxygens (including phenoxy) is 6. The third-order valence-electron chi connectivity index (χ3n) is 6.45. The molecule has 0 aliphatic carbocycles. The average molecular weight is 562 g/mol. The van der Waals surface area contributed by atoms with Crippen molar-refractivity contribution in [2.24, 2.45) is 0 Å². The maximum Gasteiger partial charge on any atom is 0.360 e. The van der Waals surface area contributed by atoms with Gasteiger partial charge in [0.2, 0.25) is 0 Å². The normalized spacial score (nSPS) is 50.0. The topological polar surface area (TPSA) is 295 Å². The van der Waals surface area contributed by atoms with E-state index in [9.17, 15) is 61.0 Å². The lowest BCUT2D eigenvalue weighted by molar-refractivity contribution is -0.473. The number of aliphatic hydroxyl groups excluding tert-OH is 11. The Morgan fingerprint density at radius 1 is 0.711 bits per heavy atom. The zero-order valence-corrected chi connectivity index (χ0v) is 20.0. The summed E-state index contributed by atoms with van der Waals surface area (Å²) in [4.78, 5) is 11.8. The van der Waals surface area contributed by atoms with Gasteiger partial charge >= 0.3 is 11.9 Å². The molecule has 0 aromatic rings. The van der Waals surface area contributed by atoms with Gasteiger partial charge in [0.05, 0.1) is 19.8 Å². The molecule has 3 aliphatic heterocycles. The summed E-state index contributed by atoms with van der Waals surface area (Å²) in [6, 6.07) is 0. The summed E-state index contributed by atoms with van der Waals surface area (Å²) in [5.74, 6) is -4.11. The molecule has 0 radical (unpaired) electrons. The average Bonchev–Trinajstić information content (AvgIpc) is 2.88. The van der Waals surface area contributed by atoms with Crippen molar-refractivity contribution in [2.75, 3.05) is 19.8 Å². The van der Waals surface area contributed by atoms with Crippen LogP contribution in [-0.2, 0) is 33.2 Å². The molecule has 222 valence electrons. The van der Waals surface area contributed by atoms with Crippen LogP contribution in [0.2, 0.25) is 0 Å². The second-order valence-corrected chi connectivity index (χ2v) is 9.08. The molecule has 0 spiro atoms. The van der Waals surface area contributed by atoms with Crippen LogP contribution >= 0.6 is 0 Å². The number of carbonyl (C=O) groups excluding carboxylic acids is 1. The zero-order valence-electron chi connectivity index (χ0n) is 20.0. The molecule has 2 unspecified atom stereocenters. The van der Waals surface area contributed by atoms with E-state index in [1.165, 1.54) is 0 Å². The lowest BCUT2D eigenvalue weighted by Crippen LogP contribution is -2.71. The Bertz CT molecular complexity index is 781. The molecule has 3 heterocycles. The molecule has 3 saturated heterocycles. The number of esters is 1. The molecular weight excluding hydrogens is 528 g/mol. The highest BCUT2D eigenvalue weighted by Gasteiger charge is 2.61. The van der Waals surface area contributed by atoms with Crippen LogP contribution in [-0.4, -0.2) is 174 Å². The van der Waals surface area contributed by atoms with Gasteiger partial charge in [-0.15, -0.1) is 0 Å². The fourth-order valence-electron chi connectivity index (χ4n) is 4.41. The summed E-state index contributed by atoms with van der Waals surface area (Å²) >= 11 is 0. The van der Waals surface area contributed by atoms with Gasteiger partial charge in [0.15, 0.2) is 18.7 Å². The van der Waals surface area contributed by atoms with Crippen molar-refractivity contribution in [3.8, 4) is 0 Å². The minimum Gasteiger partial charge on any atom is -0.406 e. The SMILES string of the molecule is CC(=O)OC1(O[C@H]2[C@H](O)[C@@H](O)C(O[C@H]3[C@H](O)[C@@H](O)[C@@H](O)O[C@@H]3CO)O[C@@H]2CO)O[C@H](CO)[C@@H](O)[C@H](O)[C@H]1O. The zero-order chi connectivity index (χ0) is 28.5. The first-order valence-electron chi connectivity index (χ1n) is 11.6. The molecule has 0 aromatic heterocycles. The van der Waals surface area contributed by atoms with Crippen molar-refractivity contribution in [2.45, 2.75) is 98.7 Å². The summed E-state index contributed by atoms with van der Waals surface area (Å²) < 4.78 is 31.5. The molecule has 0 aromatic carbocycles. The highest BCUT2D eigenvalue weighted by molar-refractivity contribution is 5.66. The van der Waals surface area contributed by atoms with Gasteiger partial charge in [-0.05, 0) is 0 Å². The molecule has 3 aliphatic rings. The molecule has 15 atom stereocenters. The van der Waals surface area contributed by atoms with Crippen LogP contribution in [0.5, 0.6) is 0 Å². The van der Waals surface area contributed by atoms with Crippen LogP contribution in [0, 0.1) is 0 Å². The molecule has 38 heavy (non-hydrogen) atoms. The Morgan fingerprint density at radius 2 is 1.26 bits per heavy atom. The Morgan fingerprint density at radius 3 is 1.82 bits per heavy atom. The summed E-state index contributed by atoms with van der Waals surface area (Å²) in [5.41, 5.74) is 0. The van der Waals surface area contributed by atoms with Crippen LogP contribution in [0.25, 0.3) is 0 Å². The first kappa shape index (κ1) is 31.4. The van der Waals surface area contributed by atoms with E-state index >= 15 is 0 Å². The smallest absolute Gasteiger partial charge is 0.360 e. The molecule has 18 heteroatoms. The minimum atomic E-state index is -2.97. The lowest BCUT2D eigenvalue weighted by atomic mass is 9.95. The number of rotatable bonds is 8. The van der Waals surface area contributed by atoms with E-state index in [2.05, 4.69) is 0 Å². The highest BCUT2D eigenvalue weighted by atomic mass is 16.9. The van der Waals surface area contributed by atoms with Crippen molar-refractivity contribution in [1.82, 2.24) is 0 Å². The van der Waals surface area contributed by atoms with Crippen LogP contribution in [0.3, 0.4) is 0 Å². The molecule has 0 saturated carbocycles. The maximum absolute atomic E-state index is 11.8. The standard InChI is InChI=1S/C20H34O18/c1-5(24)36-20(17(31)12(28)9(25)6(2-21)37-20)38-16-8(4-23)34-19(14(30)11(16)27)35-15-7(3-22)33-18(32)13(29)10(15)26/h6-19,21-23,25-32H,2-4H2,1H3/t6-,7-,8-,9-,10-,11-,12+,13-,14-,15-,16-,17-,18+,19?,20?/m1/s1. The van der Waals surface area contributed by atoms with Gasteiger partial charge in [-0.25, -0.2) is 0 Å². The highest BCUT2D eigenvalue weighted by Crippen LogP contribution is 2.37. The lowest BCUT2D eigenvalue weighted by Gasteiger charge is -2.50. The van der Waals surface area contributed by atoms with Gasteiger partial charge in [0.25, 0.3) is 0 Å². The number of hydrogen-bond donors (Lipinski definition) is 11. The van der Waals surface area contributed by atoms with Crippen LogP contribution in [0.15, 0.2) is 0 Å². The molecule has 3 rings (SSSR count). The predicted octanol–water partition coefficient (Wildman–Crippen LogP) is -7.68. The maximum atomic E-state index is 11.8. The second kappa shape index (κ2) is 12.6. The fourth-order valence-corrected chi connectivity index (χ4v) is 4.41. The molecule has 11 N–H and O–H groups in total. The van der Waals surface area contributed by atoms with E-state index in [-0.39, 0.29) is 0 Å². The largest absolute Gasteiger partial charge is 0.406 e. The van der Waals surface area contributed by atoms with Crippen molar-refractivity contribution in [3.63, 3.8) is 0 Å². The van der Waals surface area contributed by atoms with Crippen molar-refractivity contribution in [3.05, 3.63) is 0 Å². The van der Waals surface area contributed by atoms with E-state index in [4.69, 9.17) is 28.4 Å². The first-order valence-corrected chi connectivity index (χ1v) is 11.6. The number of hydrogen-bond acceptors (Lipinski definition) is 18. The molecule has 0 amide bonds. The first-order chi connectivity index (χ1) is 17.8. The Labute approximate surface area is 214 Å². The van der Waals surface area contributed by atoms with Crippen molar-refractivity contribution >= 4 is 5.97 Å². The molecule has 0 bridgehead atoms. The Kier molecular flexibility index (Phi) is 10.4. The summed E-state index contributed by atoms with van der Waals surface area (Å²) in [5, 5.41) is 111. The molecule has 3 fully saturated rings. The van der Waals surface area contributed by atoms with E-state index in [0.717, 1.165) is 6.92 Å². The van der Waals surface area contributed by atoms with Gasteiger partial charge in [-0.3, -0.25) is 4.79 Å². The molecular formula is C20H34O18. The third kappa shape index (κ3) is 5.95. The van der Waals surface area contributed by atoms with Gasteiger partial charge in [0.1, 0.15) is 67.1 Å². The summed E-state index contributed by atoms with van der Waals surface area (Å²) in [6.07, 6.45) is -26.1. The van der Waals surface area contributed by atoms with E-state index in [1.54, 1.807) is 0 Å². The van der Waals surface area contributed by atoms with Gasteiger partial charge in [-0.2, -0.15) is 0 Å². The van der Waals surface area contributed by atoms with Gasteiger partial charge in [-0.1, -0.05) is 0 Å². The van der Waals surface area contributed by atoms with Crippen molar-refractivity contribution in [1.29, 1.82) is 0 Å². The van der Waals surface area contributed by atoms with Crippen LogP contribution in [0.4, 0.5) is 0 Å². The number of carbonyl (C=O) groups is 1. The predicted molar refractivity (Wildman–Crippen MR) is 112 cm³/mol. The van der Waals surface area contributed by atoms with Crippen LogP contribution in [0.1, 0.15) is 6.92 Å². The van der Waals surface area contributed by atoms with Gasteiger partial charge in [0, 0.05) is 6.92 Å². The van der Waals surface area contributed by atoms with E-state index in [1.807, 2.05) is 0 Å². The molecule has 18 nitrogen and oxygen atoms in total. The Balaban J connectivity index is 1.85. The Hall–Kier alpha value is -1.17. The summed E-state index contributed by atoms with van der Waals surface area (Å²) in [6.45, 7) is -1.86. The monoisotopic (exact) mass is 562 g/mol. The fraction of sp³-hybridized carbons (Fsp3) is 0.950.